The van der Waals surface area contributed by atoms with Crippen LogP contribution in [0.2, 0.25) is 0 Å². The molecule has 4 aromatic rings. The molecule has 2 atom stereocenters. The molecule has 0 bridgehead atoms. The van der Waals surface area contributed by atoms with Gasteiger partial charge in [-0.15, -0.1) is 0 Å². The van der Waals surface area contributed by atoms with Gasteiger partial charge < -0.3 is 15.7 Å². The largest absolute Gasteiger partial charge is 0.490 e. The van der Waals surface area contributed by atoms with Crippen LogP contribution < -0.4 is 10.6 Å². The van der Waals surface area contributed by atoms with E-state index in [0.717, 1.165) is 0 Å². The van der Waals surface area contributed by atoms with E-state index in [2.05, 4.69) is 30.8 Å². The number of carbonyl (C=O) groups excluding carboxylic acids is 1. The lowest BCUT2D eigenvalue weighted by Crippen LogP contribution is -2.29. The molecule has 5 rings (SSSR count). The lowest BCUT2D eigenvalue weighted by Gasteiger charge is -2.16. The first-order valence-corrected chi connectivity index (χ1v) is 11.9. The molecular formula is C25H21F5N8O3. The highest BCUT2D eigenvalue weighted by molar-refractivity contribution is 6.00. The molecule has 1 aromatic carbocycles. The molecule has 16 heteroatoms. The Hall–Kier alpha value is -4.91. The maximum atomic E-state index is 14.7. The number of hydrogen-bond acceptors (Lipinski definition) is 8. The number of carboxylic acids is 1. The summed E-state index contributed by atoms with van der Waals surface area (Å²) in [5, 5.41) is 29.2. The van der Waals surface area contributed by atoms with Crippen LogP contribution in [0.25, 0.3) is 28.1 Å². The Morgan fingerprint density at radius 2 is 1.95 bits per heavy atom. The number of ketones is 1. The fraction of sp³-hybridized carbons (Fsp3) is 0.280. The molecule has 1 saturated heterocycles. The minimum Gasteiger partial charge on any atom is -0.475 e. The molecule has 0 saturated carbocycles. The molecule has 1 aliphatic heterocycles. The topological polar surface area (TPSA) is 162 Å². The molecule has 214 valence electrons. The molecule has 4 heterocycles. The number of aryl methyl sites for hydroxylation is 1. The van der Waals surface area contributed by atoms with Gasteiger partial charge in [-0.25, -0.2) is 23.5 Å². The van der Waals surface area contributed by atoms with Gasteiger partial charge in [0, 0.05) is 30.4 Å². The number of hydrogen-bond donors (Lipinski definition) is 4. The number of anilines is 1. The maximum Gasteiger partial charge on any atom is 0.490 e. The monoisotopic (exact) mass is 576 g/mol. The first-order valence-electron chi connectivity index (χ1n) is 11.9. The van der Waals surface area contributed by atoms with E-state index >= 15 is 0 Å². The molecule has 3 aromatic heterocycles. The number of pyridine rings is 1. The zero-order chi connectivity index (χ0) is 30.1. The second kappa shape index (κ2) is 11.3. The third kappa shape index (κ3) is 5.99. The summed E-state index contributed by atoms with van der Waals surface area (Å²) in [5.41, 5.74) is 2.90. The van der Waals surface area contributed by atoms with Crippen LogP contribution in [-0.2, 0) is 4.79 Å². The molecule has 0 unspecified atom stereocenters. The SMILES string of the molecule is CC(=O)c1ccc(-n2cnc3cc(F)c(N[C@H]4CNC[C@H]4F)cc32)nc1-c1c(C#N)n[nH]c1C.O=C(O)C(F)(F)F. The van der Waals surface area contributed by atoms with Crippen molar-refractivity contribution in [2.45, 2.75) is 32.2 Å². The maximum absolute atomic E-state index is 14.7. The van der Waals surface area contributed by atoms with Crippen molar-refractivity contribution in [3.05, 3.63) is 53.4 Å². The number of rotatable bonds is 5. The summed E-state index contributed by atoms with van der Waals surface area (Å²) >= 11 is 0. The Balaban J connectivity index is 0.000000493. The molecule has 1 fully saturated rings. The van der Waals surface area contributed by atoms with E-state index in [4.69, 9.17) is 9.90 Å². The van der Waals surface area contributed by atoms with Crippen molar-refractivity contribution in [3.63, 3.8) is 0 Å². The fourth-order valence-electron chi connectivity index (χ4n) is 4.17. The van der Waals surface area contributed by atoms with Gasteiger partial charge in [0.2, 0.25) is 0 Å². The number of nitriles is 1. The summed E-state index contributed by atoms with van der Waals surface area (Å²) < 4.78 is 62.1. The molecule has 4 N–H and O–H groups in total. The van der Waals surface area contributed by atoms with Crippen LogP contribution in [0.1, 0.15) is 28.7 Å². The summed E-state index contributed by atoms with van der Waals surface area (Å²) in [4.78, 5) is 30.1. The Morgan fingerprint density at radius 1 is 1.24 bits per heavy atom. The van der Waals surface area contributed by atoms with Crippen LogP contribution in [-0.4, -0.2) is 73.1 Å². The Kier molecular flexibility index (Phi) is 8.01. The molecule has 11 nitrogen and oxygen atoms in total. The molecule has 0 spiro atoms. The minimum atomic E-state index is -5.08. The fourth-order valence-corrected chi connectivity index (χ4v) is 4.17. The van der Waals surface area contributed by atoms with E-state index in [9.17, 15) is 32.0 Å². The Morgan fingerprint density at radius 3 is 2.54 bits per heavy atom. The average molecular weight is 576 g/mol. The highest BCUT2D eigenvalue weighted by Crippen LogP contribution is 2.30. The van der Waals surface area contributed by atoms with E-state index in [1.165, 1.54) is 19.3 Å². The van der Waals surface area contributed by atoms with Gasteiger partial charge in [-0.3, -0.25) is 14.5 Å². The third-order valence-corrected chi connectivity index (χ3v) is 6.16. The van der Waals surface area contributed by atoms with Gasteiger partial charge in [0.05, 0.1) is 34.0 Å². The number of aromatic amines is 1. The lowest BCUT2D eigenvalue weighted by atomic mass is 10.0. The minimum absolute atomic E-state index is 0.125. The predicted molar refractivity (Wildman–Crippen MR) is 135 cm³/mol. The van der Waals surface area contributed by atoms with Crippen LogP contribution >= 0.6 is 0 Å². The van der Waals surface area contributed by atoms with Gasteiger partial charge in [-0.1, -0.05) is 0 Å². The average Bonchev–Trinajstić information content (AvgIpc) is 3.61. The molecule has 41 heavy (non-hydrogen) atoms. The van der Waals surface area contributed by atoms with Crippen LogP contribution in [0.3, 0.4) is 0 Å². The van der Waals surface area contributed by atoms with Crippen molar-refractivity contribution in [1.29, 1.82) is 5.26 Å². The smallest absolute Gasteiger partial charge is 0.475 e. The number of H-pyrrole nitrogens is 1. The van der Waals surface area contributed by atoms with Crippen LogP contribution in [0.4, 0.5) is 27.6 Å². The molecular weight excluding hydrogens is 555 g/mol. The number of Topliss-reactive ketones (excluding diaryl/α,β-unsaturated/α-hetero) is 1. The number of fused-ring (bicyclic) bond motifs is 1. The Bertz CT molecular complexity index is 1670. The van der Waals surface area contributed by atoms with E-state index in [1.54, 1.807) is 29.7 Å². The highest BCUT2D eigenvalue weighted by atomic mass is 19.4. The summed E-state index contributed by atoms with van der Waals surface area (Å²) in [6.45, 7) is 3.77. The van der Waals surface area contributed by atoms with Crippen LogP contribution in [0.15, 0.2) is 30.6 Å². The number of imidazole rings is 1. The van der Waals surface area contributed by atoms with Gasteiger partial charge in [-0.05, 0) is 32.0 Å². The van der Waals surface area contributed by atoms with Crippen molar-refractivity contribution in [2.24, 2.45) is 0 Å². The van der Waals surface area contributed by atoms with Crippen molar-refractivity contribution in [3.8, 4) is 23.1 Å². The highest BCUT2D eigenvalue weighted by Gasteiger charge is 2.38. The first kappa shape index (κ1) is 29.1. The molecule has 0 aliphatic carbocycles. The number of benzene rings is 1. The number of nitrogens with one attached hydrogen (secondary N) is 3. The number of nitrogens with zero attached hydrogens (tertiary/aromatic N) is 5. The van der Waals surface area contributed by atoms with Crippen molar-refractivity contribution >= 4 is 28.5 Å². The molecule has 0 radical (unpaired) electrons. The quantitative estimate of drug-likeness (QED) is 0.205. The van der Waals surface area contributed by atoms with Crippen LogP contribution in [0, 0.1) is 24.1 Å². The van der Waals surface area contributed by atoms with Gasteiger partial charge >= 0.3 is 12.1 Å². The van der Waals surface area contributed by atoms with E-state index in [0.29, 0.717) is 45.9 Å². The van der Waals surface area contributed by atoms with E-state index in [-0.39, 0.29) is 23.7 Å². The third-order valence-electron chi connectivity index (χ3n) is 6.16. The van der Waals surface area contributed by atoms with Gasteiger partial charge in [-0.2, -0.15) is 23.5 Å². The second-order valence-corrected chi connectivity index (χ2v) is 8.97. The van der Waals surface area contributed by atoms with Crippen molar-refractivity contribution < 1.29 is 36.6 Å². The van der Waals surface area contributed by atoms with Crippen LogP contribution in [0.5, 0.6) is 0 Å². The number of aliphatic carboxylic acids is 1. The summed E-state index contributed by atoms with van der Waals surface area (Å²) in [7, 11) is 0. The predicted octanol–water partition coefficient (Wildman–Crippen LogP) is 3.69. The number of aromatic nitrogens is 5. The van der Waals surface area contributed by atoms with E-state index in [1.807, 2.05) is 6.07 Å². The summed E-state index contributed by atoms with van der Waals surface area (Å²) in [6, 6.07) is 7.59. The second-order valence-electron chi connectivity index (χ2n) is 8.97. The number of carbonyl (C=O) groups is 2. The van der Waals surface area contributed by atoms with Crippen molar-refractivity contribution in [2.75, 3.05) is 18.4 Å². The lowest BCUT2D eigenvalue weighted by molar-refractivity contribution is -0.192. The number of alkyl halides is 4. The molecule has 1 aliphatic rings. The zero-order valence-corrected chi connectivity index (χ0v) is 21.3. The van der Waals surface area contributed by atoms with Gasteiger partial charge in [0.15, 0.2) is 11.5 Å². The standard InChI is InChI=1S/C23H20F2N8O.C2HF3O2/c1-11-22(18(7-26)32-31-11)23-13(12(2)34)3-4-21(30-23)33-10-28-17-5-14(24)16(6-20(17)33)29-19-9-27-8-15(19)25;3-2(4,5)1(6)7/h3-6,10,15,19,27,29H,8-9H2,1-2H3,(H,31,32);(H,6,7)/t15-,19+;/m1./s1. The van der Waals surface area contributed by atoms with Gasteiger partial charge in [0.1, 0.15) is 30.2 Å². The zero-order valence-electron chi connectivity index (χ0n) is 21.3. The first-order chi connectivity index (χ1) is 19.3. The normalized spacial score (nSPS) is 16.6. The molecule has 0 amide bonds. The van der Waals surface area contributed by atoms with E-state index < -0.39 is 30.2 Å². The Labute approximate surface area is 228 Å². The van der Waals surface area contributed by atoms with Gasteiger partial charge in [0.25, 0.3) is 0 Å². The summed E-state index contributed by atoms with van der Waals surface area (Å²) in [6.07, 6.45) is -4.72. The summed E-state index contributed by atoms with van der Waals surface area (Å²) in [5.74, 6) is -3.10. The number of carboxylic acid groups (broad SMARTS) is 1. The van der Waals surface area contributed by atoms with Crippen molar-refractivity contribution in [1.82, 2.24) is 30.0 Å². The number of halogens is 5.